The summed E-state index contributed by atoms with van der Waals surface area (Å²) < 4.78 is 22.8. The monoisotopic (exact) mass is 1230 g/mol. The lowest BCUT2D eigenvalue weighted by molar-refractivity contribution is -0.359. The molecule has 2 fully saturated rings. The molecule has 0 radical (unpaired) electrons. The third-order valence-corrected chi connectivity index (χ3v) is 15.5. The van der Waals surface area contributed by atoms with Crippen LogP contribution in [0.4, 0.5) is 0 Å². The van der Waals surface area contributed by atoms with Crippen molar-refractivity contribution in [3.63, 3.8) is 0 Å². The van der Waals surface area contributed by atoms with Crippen LogP contribution in [0.2, 0.25) is 0 Å². The number of hydrogen-bond donors (Lipinski definition) is 9. The van der Waals surface area contributed by atoms with Crippen molar-refractivity contribution in [3.8, 4) is 0 Å². The molecule has 9 N–H and O–H groups in total. The summed E-state index contributed by atoms with van der Waals surface area (Å²) in [6, 6.07) is -0.969. The number of hydrogen-bond acceptors (Lipinski definition) is 13. The van der Waals surface area contributed by atoms with Crippen LogP contribution < -0.4 is 5.32 Å². The summed E-state index contributed by atoms with van der Waals surface area (Å²) in [5.74, 6) is -0.291. The molecule has 2 aliphatic heterocycles. The molecule has 0 aromatic heterocycles. The highest BCUT2D eigenvalue weighted by molar-refractivity contribution is 5.76. The Morgan fingerprint density at radius 1 is 0.420 bits per heavy atom. The quantitative estimate of drug-likeness (QED) is 0.0204. The summed E-state index contributed by atoms with van der Waals surface area (Å²) in [4.78, 5) is 13.3. The third-order valence-electron chi connectivity index (χ3n) is 15.5. The van der Waals surface area contributed by atoms with E-state index < -0.39 is 86.8 Å². The maximum Gasteiger partial charge on any atom is 0.220 e. The minimum atomic E-state index is -1.80. The zero-order valence-corrected chi connectivity index (χ0v) is 54.2. The molecule has 12 unspecified atom stereocenters. The van der Waals surface area contributed by atoms with Crippen LogP contribution in [0.1, 0.15) is 219 Å². The van der Waals surface area contributed by atoms with Crippen LogP contribution in [0, 0.1) is 0 Å². The summed E-state index contributed by atoms with van der Waals surface area (Å²) in [5, 5.41) is 87.3. The Labute approximate surface area is 532 Å². The van der Waals surface area contributed by atoms with E-state index in [0.717, 1.165) is 103 Å². The molecule has 0 aliphatic carbocycles. The van der Waals surface area contributed by atoms with Crippen molar-refractivity contribution < 1.29 is 64.6 Å². The summed E-state index contributed by atoms with van der Waals surface area (Å²) >= 11 is 0. The van der Waals surface area contributed by atoms with Gasteiger partial charge < -0.3 is 65.1 Å². The van der Waals surface area contributed by atoms with E-state index in [1.807, 2.05) is 6.08 Å². The van der Waals surface area contributed by atoms with Gasteiger partial charge >= 0.3 is 0 Å². The summed E-state index contributed by atoms with van der Waals surface area (Å²) in [7, 11) is 0. The smallest absolute Gasteiger partial charge is 0.220 e. The molecular formula is C74H121NO13. The van der Waals surface area contributed by atoms with Gasteiger partial charge in [0.1, 0.15) is 48.8 Å². The van der Waals surface area contributed by atoms with Crippen molar-refractivity contribution in [1.82, 2.24) is 5.32 Å². The van der Waals surface area contributed by atoms with E-state index in [9.17, 15) is 45.6 Å². The van der Waals surface area contributed by atoms with Gasteiger partial charge in [-0.25, -0.2) is 0 Å². The molecule has 2 aliphatic rings. The second-order valence-corrected chi connectivity index (χ2v) is 23.2. The van der Waals surface area contributed by atoms with Crippen LogP contribution in [0.5, 0.6) is 0 Å². The van der Waals surface area contributed by atoms with E-state index in [0.29, 0.717) is 12.8 Å². The molecule has 2 saturated heterocycles. The molecule has 0 aromatic carbocycles. The zero-order valence-electron chi connectivity index (χ0n) is 54.2. The molecule has 2 heterocycles. The van der Waals surface area contributed by atoms with Gasteiger partial charge in [0.25, 0.3) is 0 Å². The zero-order chi connectivity index (χ0) is 63.8. The van der Waals surface area contributed by atoms with Gasteiger partial charge in [0, 0.05) is 6.42 Å². The molecule has 500 valence electrons. The second kappa shape index (κ2) is 56.8. The van der Waals surface area contributed by atoms with Crippen LogP contribution in [0.3, 0.4) is 0 Å². The van der Waals surface area contributed by atoms with E-state index in [1.54, 1.807) is 6.08 Å². The molecular weight excluding hydrogens is 1110 g/mol. The molecule has 14 nitrogen and oxygen atoms in total. The third kappa shape index (κ3) is 40.6. The van der Waals surface area contributed by atoms with E-state index in [2.05, 4.69) is 153 Å². The SMILES string of the molecule is CC/C=C\C/C=C\C/C=C\C/C=C\C/C=C\C/C=C\C/C=C\C/C=C\C/C=C\CCCCCC(=O)NC(COC1OC(CO)C(OC2OC(CO)C(O)C(O)C2O)C(O)C1O)C(O)/C=C/CC/C=C/CC/C=C/CCCCCCCCCCCCCCC. The number of nitrogens with one attached hydrogen (secondary N) is 1. The summed E-state index contributed by atoms with van der Waals surface area (Å²) in [5.41, 5.74) is 0. The predicted molar refractivity (Wildman–Crippen MR) is 359 cm³/mol. The molecule has 2 rings (SSSR count). The van der Waals surface area contributed by atoms with Crippen molar-refractivity contribution in [2.45, 2.75) is 293 Å². The van der Waals surface area contributed by atoms with E-state index in [-0.39, 0.29) is 18.9 Å². The predicted octanol–water partition coefficient (Wildman–Crippen LogP) is 13.7. The Balaban J connectivity index is 1.76. The fraction of sp³-hybridized carbons (Fsp3) is 0.662. The minimum Gasteiger partial charge on any atom is -0.394 e. The van der Waals surface area contributed by atoms with Gasteiger partial charge in [-0.05, 0) is 116 Å². The molecule has 14 heteroatoms. The number of carbonyl (C=O) groups excluding carboxylic acids is 1. The fourth-order valence-corrected chi connectivity index (χ4v) is 10.1. The lowest BCUT2D eigenvalue weighted by atomic mass is 9.97. The van der Waals surface area contributed by atoms with Crippen molar-refractivity contribution in [2.24, 2.45) is 0 Å². The Bertz CT molecular complexity index is 2040. The molecule has 0 saturated carbocycles. The van der Waals surface area contributed by atoms with E-state index >= 15 is 0 Å². The highest BCUT2D eigenvalue weighted by Crippen LogP contribution is 2.30. The van der Waals surface area contributed by atoms with Gasteiger partial charge in [0.15, 0.2) is 12.6 Å². The standard InChI is InChI=1S/C74H121NO13/c1-3-5-7-9-11-13-15-17-19-21-23-25-27-28-29-30-31-32-33-34-36-38-40-42-44-46-48-50-52-54-56-58-66(79)75-62(61-85-73-71(84)69(82)72(65(60-77)87-73)88-74-70(83)68(81)67(80)64(59-76)86-74)63(78)57-55-53-51-49-47-45-43-41-39-37-35-26-24-22-20-18-16-14-12-10-8-6-4-2/h5,7,11,13,17,19,23,25,28-29,31-32,34,36,39-42,46-49,55,57,62-65,67-74,76-78,80-84H,3-4,6,8-10,12,14-16,18,20-22,24,26-27,30,33,35,37-38,43-45,50-54,56,58-61H2,1-2H3,(H,75,79)/b7-5-,13-11-,19-17-,25-23-,29-28-,32-31-,36-34-,41-39+,42-40-,48-46-,49-47+,57-55+. The average Bonchev–Trinajstić information content (AvgIpc) is 3.10. The number of amides is 1. The maximum atomic E-state index is 13.3. The maximum absolute atomic E-state index is 13.3. The molecule has 0 bridgehead atoms. The number of unbranched alkanes of at least 4 members (excludes halogenated alkanes) is 18. The van der Waals surface area contributed by atoms with Crippen LogP contribution in [0.15, 0.2) is 146 Å². The van der Waals surface area contributed by atoms with Crippen LogP contribution in [0.25, 0.3) is 0 Å². The first-order valence-corrected chi connectivity index (χ1v) is 34.1. The molecule has 1 amide bonds. The van der Waals surface area contributed by atoms with Gasteiger partial charge in [-0.3, -0.25) is 4.79 Å². The van der Waals surface area contributed by atoms with Crippen LogP contribution in [-0.4, -0.2) is 140 Å². The topological polar surface area (TPSA) is 228 Å². The Morgan fingerprint density at radius 3 is 1.25 bits per heavy atom. The normalized spacial score (nSPS) is 24.1. The first kappa shape index (κ1) is 80.0. The summed E-state index contributed by atoms with van der Waals surface area (Å²) in [6.07, 6.45) is 68.9. The van der Waals surface area contributed by atoms with Crippen molar-refractivity contribution in [3.05, 3.63) is 146 Å². The molecule has 0 aromatic rings. The second-order valence-electron chi connectivity index (χ2n) is 23.2. The van der Waals surface area contributed by atoms with E-state index in [4.69, 9.17) is 18.9 Å². The number of aliphatic hydroxyl groups excluding tert-OH is 8. The lowest BCUT2D eigenvalue weighted by Crippen LogP contribution is -2.65. The van der Waals surface area contributed by atoms with Crippen LogP contribution >= 0.6 is 0 Å². The van der Waals surface area contributed by atoms with Gasteiger partial charge in [0.2, 0.25) is 5.91 Å². The van der Waals surface area contributed by atoms with Crippen molar-refractivity contribution >= 4 is 5.91 Å². The number of ether oxygens (including phenoxy) is 4. The molecule has 88 heavy (non-hydrogen) atoms. The number of allylic oxidation sites excluding steroid dienone is 23. The van der Waals surface area contributed by atoms with Gasteiger partial charge in [-0.15, -0.1) is 0 Å². The van der Waals surface area contributed by atoms with Crippen molar-refractivity contribution in [2.75, 3.05) is 19.8 Å². The number of aliphatic hydroxyl groups is 8. The highest BCUT2D eigenvalue weighted by atomic mass is 16.7. The Hall–Kier alpha value is -4.13. The Kier molecular flexibility index (Phi) is 51.6. The van der Waals surface area contributed by atoms with Gasteiger partial charge in [-0.1, -0.05) is 243 Å². The minimum absolute atomic E-state index is 0.219. The first-order chi connectivity index (χ1) is 43.1. The largest absolute Gasteiger partial charge is 0.394 e. The van der Waals surface area contributed by atoms with Crippen molar-refractivity contribution in [1.29, 1.82) is 0 Å². The fourth-order valence-electron chi connectivity index (χ4n) is 10.1. The van der Waals surface area contributed by atoms with Gasteiger partial charge in [0.05, 0.1) is 32.0 Å². The highest BCUT2D eigenvalue weighted by Gasteiger charge is 2.51. The Morgan fingerprint density at radius 2 is 0.795 bits per heavy atom. The average molecular weight is 1230 g/mol. The van der Waals surface area contributed by atoms with Crippen LogP contribution in [-0.2, 0) is 23.7 Å². The lowest BCUT2D eigenvalue weighted by Gasteiger charge is -2.46. The molecule has 12 atom stereocenters. The van der Waals surface area contributed by atoms with E-state index in [1.165, 1.54) is 83.5 Å². The number of rotatable bonds is 53. The first-order valence-electron chi connectivity index (χ1n) is 34.1. The molecule has 0 spiro atoms. The van der Waals surface area contributed by atoms with Gasteiger partial charge in [-0.2, -0.15) is 0 Å². The number of carbonyl (C=O) groups is 1. The summed E-state index contributed by atoms with van der Waals surface area (Å²) in [6.45, 7) is 2.63.